The first-order chi connectivity index (χ1) is 18.9. The van der Waals surface area contributed by atoms with E-state index in [2.05, 4.69) is 30.2 Å². The van der Waals surface area contributed by atoms with E-state index in [1.54, 1.807) is 13.2 Å². The number of morpholine rings is 1. The predicted octanol–water partition coefficient (Wildman–Crippen LogP) is 0.0166. The Morgan fingerprint density at radius 3 is 2.85 bits per heavy atom. The van der Waals surface area contributed by atoms with E-state index in [1.165, 1.54) is 19.5 Å². The van der Waals surface area contributed by atoms with Gasteiger partial charge in [-0.15, -0.1) is 0 Å². The van der Waals surface area contributed by atoms with Crippen LogP contribution in [0.15, 0.2) is 29.5 Å². The van der Waals surface area contributed by atoms with Crippen LogP contribution in [0.1, 0.15) is 17.3 Å². The van der Waals surface area contributed by atoms with Crippen molar-refractivity contribution in [1.29, 1.82) is 0 Å². The highest BCUT2D eigenvalue weighted by atomic mass is 16.7. The zero-order valence-electron chi connectivity index (χ0n) is 22.0. The van der Waals surface area contributed by atoms with Gasteiger partial charge >= 0.3 is 0 Å². The number of nitrogens with two attached hydrogens (primary N) is 1. The third-order valence-corrected chi connectivity index (χ3v) is 6.50. The number of nitrogens with one attached hydrogen (secondary N) is 1. The van der Waals surface area contributed by atoms with Gasteiger partial charge in [-0.05, 0) is 19.1 Å². The number of anilines is 2. The number of hydrogen-bond donors (Lipinski definition) is 3. The number of carbonyl (C=O) groups is 1. The Bertz CT molecular complexity index is 1410. The summed E-state index contributed by atoms with van der Waals surface area (Å²) in [7, 11) is 3.12. The molecule has 0 radical (unpaired) electrons. The number of rotatable bonds is 8. The number of ether oxygens (including phenoxy) is 4. The molecule has 1 aromatic carbocycles. The van der Waals surface area contributed by atoms with Gasteiger partial charge in [0.25, 0.3) is 5.91 Å². The van der Waals surface area contributed by atoms with Crippen molar-refractivity contribution in [3.63, 3.8) is 0 Å². The van der Waals surface area contributed by atoms with Crippen molar-refractivity contribution >= 4 is 28.6 Å². The summed E-state index contributed by atoms with van der Waals surface area (Å²) in [5.74, 6) is 1.06. The number of aromatic nitrogens is 4. The van der Waals surface area contributed by atoms with Gasteiger partial charge in [0, 0.05) is 57.6 Å². The third kappa shape index (κ3) is 5.78. The molecule has 4 N–H and O–H groups in total. The second kappa shape index (κ2) is 11.5. The van der Waals surface area contributed by atoms with Gasteiger partial charge in [0.15, 0.2) is 17.8 Å². The Morgan fingerprint density at radius 2 is 2.10 bits per heavy atom. The summed E-state index contributed by atoms with van der Waals surface area (Å²) in [5.41, 5.74) is 6.39. The SMILES string of the molecule is COc1c(OC[C@H](O)CN2C[C@H](OC)O[C@H](C)C2)ccc2c3n(c(=NC(=O)c4cnc(N)nc4)nc12)CCN3. The second-order valence-electron chi connectivity index (χ2n) is 9.37. The first-order valence-corrected chi connectivity index (χ1v) is 12.6. The maximum Gasteiger partial charge on any atom is 0.283 e. The van der Waals surface area contributed by atoms with Gasteiger partial charge in [0.05, 0.1) is 18.8 Å². The van der Waals surface area contributed by atoms with Crippen LogP contribution in [-0.2, 0) is 16.0 Å². The van der Waals surface area contributed by atoms with Gasteiger partial charge in [-0.1, -0.05) is 0 Å². The molecular weight excluding hydrogens is 508 g/mol. The summed E-state index contributed by atoms with van der Waals surface area (Å²) in [5, 5.41) is 14.8. The number of nitrogen functional groups attached to an aromatic ring is 1. The lowest BCUT2D eigenvalue weighted by atomic mass is 10.2. The number of benzene rings is 1. The standard InChI is InChI=1S/C25H32N8O6/c1-14-10-32(12-19(36-2)39-14)11-16(34)13-38-18-5-4-17-20(21(18)37-3)30-25(33-7-6-27-22(17)33)31-23(35)15-8-28-24(26)29-9-15/h4-5,8-9,14,16,19,27,34H,6-7,10-13H2,1-3H3,(H2,26,28,29)/t14-,16-,19-/m1/s1. The molecule has 14 heteroatoms. The quantitative estimate of drug-likeness (QED) is 0.350. The maximum atomic E-state index is 12.8. The average molecular weight is 541 g/mol. The summed E-state index contributed by atoms with van der Waals surface area (Å²) >= 11 is 0. The van der Waals surface area contributed by atoms with Crippen LogP contribution < -0.4 is 26.1 Å². The Hall–Kier alpha value is -3.85. The molecule has 0 aliphatic carbocycles. The van der Waals surface area contributed by atoms with Crippen molar-refractivity contribution in [2.45, 2.75) is 32.0 Å². The van der Waals surface area contributed by atoms with E-state index >= 15 is 0 Å². The fraction of sp³-hybridized carbons (Fsp3) is 0.480. The van der Waals surface area contributed by atoms with E-state index in [-0.39, 0.29) is 36.1 Å². The summed E-state index contributed by atoms with van der Waals surface area (Å²) in [6.07, 6.45) is 1.55. The molecule has 3 atom stereocenters. The zero-order valence-corrected chi connectivity index (χ0v) is 22.0. The summed E-state index contributed by atoms with van der Waals surface area (Å²) in [4.78, 5) is 31.5. The largest absolute Gasteiger partial charge is 0.491 e. The Labute approximate surface area is 224 Å². The molecule has 2 aliphatic heterocycles. The van der Waals surface area contributed by atoms with Crippen LogP contribution in [-0.4, -0.2) is 101 Å². The number of amides is 1. The van der Waals surface area contributed by atoms with Gasteiger partial charge in [-0.2, -0.15) is 4.99 Å². The normalized spacial score (nSPS) is 20.5. The van der Waals surface area contributed by atoms with E-state index in [4.69, 9.17) is 24.7 Å². The molecular formula is C25H32N8O6. The summed E-state index contributed by atoms with van der Waals surface area (Å²) in [6.45, 7) is 4.88. The van der Waals surface area contributed by atoms with Crippen molar-refractivity contribution < 1.29 is 28.8 Å². The highest BCUT2D eigenvalue weighted by Gasteiger charge is 2.27. The Kier molecular flexibility index (Phi) is 7.88. The zero-order chi connectivity index (χ0) is 27.5. The maximum absolute atomic E-state index is 12.8. The van der Waals surface area contributed by atoms with Crippen LogP contribution in [0.4, 0.5) is 11.8 Å². The Morgan fingerprint density at radius 1 is 1.31 bits per heavy atom. The molecule has 0 bridgehead atoms. The predicted molar refractivity (Wildman–Crippen MR) is 140 cm³/mol. The molecule has 39 heavy (non-hydrogen) atoms. The molecule has 4 heterocycles. The molecule has 3 aromatic rings. The number of aliphatic hydroxyl groups is 1. The number of aliphatic hydroxyl groups excluding tert-OH is 1. The van der Waals surface area contributed by atoms with Crippen LogP contribution in [0.25, 0.3) is 10.9 Å². The minimum absolute atomic E-state index is 0.00396. The van der Waals surface area contributed by atoms with E-state index < -0.39 is 12.0 Å². The highest BCUT2D eigenvalue weighted by molar-refractivity contribution is 5.96. The van der Waals surface area contributed by atoms with Crippen LogP contribution in [0.2, 0.25) is 0 Å². The monoisotopic (exact) mass is 540 g/mol. The fourth-order valence-electron chi connectivity index (χ4n) is 4.76. The van der Waals surface area contributed by atoms with E-state index in [9.17, 15) is 9.90 Å². The van der Waals surface area contributed by atoms with E-state index in [1.807, 2.05) is 17.6 Å². The van der Waals surface area contributed by atoms with E-state index in [0.717, 1.165) is 11.2 Å². The van der Waals surface area contributed by atoms with Crippen molar-refractivity contribution in [1.82, 2.24) is 24.4 Å². The number of carbonyl (C=O) groups excluding carboxylic acids is 1. The molecule has 1 fully saturated rings. The van der Waals surface area contributed by atoms with Crippen LogP contribution in [0.5, 0.6) is 11.5 Å². The van der Waals surface area contributed by atoms with E-state index in [0.29, 0.717) is 49.7 Å². The number of β-amino-alcohol motifs (C(OH)–C–C–N with tert-alkyl or cyclic N) is 1. The Balaban J connectivity index is 1.40. The molecule has 1 saturated heterocycles. The number of fused-ring (bicyclic) bond motifs is 3. The van der Waals surface area contributed by atoms with Gasteiger partial charge in [-0.25, -0.2) is 15.0 Å². The van der Waals surface area contributed by atoms with Crippen molar-refractivity contribution in [2.75, 3.05) is 58.1 Å². The molecule has 5 rings (SSSR count). The smallest absolute Gasteiger partial charge is 0.283 e. The van der Waals surface area contributed by atoms with Crippen LogP contribution >= 0.6 is 0 Å². The highest BCUT2D eigenvalue weighted by Crippen LogP contribution is 2.37. The van der Waals surface area contributed by atoms with Crippen LogP contribution in [0.3, 0.4) is 0 Å². The molecule has 1 amide bonds. The minimum Gasteiger partial charge on any atom is -0.491 e. The molecule has 208 valence electrons. The van der Waals surface area contributed by atoms with Crippen molar-refractivity contribution in [2.24, 2.45) is 4.99 Å². The van der Waals surface area contributed by atoms with Gasteiger partial charge in [0.2, 0.25) is 11.6 Å². The molecule has 14 nitrogen and oxygen atoms in total. The first-order valence-electron chi connectivity index (χ1n) is 12.6. The fourth-order valence-corrected chi connectivity index (χ4v) is 4.76. The third-order valence-electron chi connectivity index (χ3n) is 6.50. The topological polar surface area (TPSA) is 171 Å². The van der Waals surface area contributed by atoms with Gasteiger partial charge < -0.3 is 35.1 Å². The lowest BCUT2D eigenvalue weighted by molar-refractivity contribution is -0.196. The molecule has 2 aliphatic rings. The van der Waals surface area contributed by atoms with Gasteiger partial charge in [-0.3, -0.25) is 14.3 Å². The molecule has 0 saturated carbocycles. The van der Waals surface area contributed by atoms with Crippen LogP contribution in [0, 0.1) is 0 Å². The number of methoxy groups -OCH3 is 2. The molecule has 0 unspecified atom stereocenters. The van der Waals surface area contributed by atoms with Crippen molar-refractivity contribution in [3.05, 3.63) is 35.7 Å². The summed E-state index contributed by atoms with van der Waals surface area (Å²) < 4.78 is 24.5. The molecule has 2 aromatic heterocycles. The minimum atomic E-state index is -0.760. The summed E-state index contributed by atoms with van der Waals surface area (Å²) in [6, 6.07) is 3.64. The number of hydrogen-bond acceptors (Lipinski definition) is 12. The average Bonchev–Trinajstić information content (AvgIpc) is 3.42. The number of nitrogens with zero attached hydrogens (tertiary/aromatic N) is 6. The lowest BCUT2D eigenvalue weighted by Gasteiger charge is -2.36. The van der Waals surface area contributed by atoms with Gasteiger partial charge in [0.1, 0.15) is 24.0 Å². The lowest BCUT2D eigenvalue weighted by Crippen LogP contribution is -2.50. The molecule has 0 spiro atoms. The van der Waals surface area contributed by atoms with Crippen molar-refractivity contribution in [3.8, 4) is 11.5 Å². The second-order valence-corrected chi connectivity index (χ2v) is 9.37. The first kappa shape index (κ1) is 26.7.